The van der Waals surface area contributed by atoms with Crippen molar-refractivity contribution in [3.05, 3.63) is 30.0 Å². The lowest BCUT2D eigenvalue weighted by Crippen LogP contribution is -2.07. The van der Waals surface area contributed by atoms with Gasteiger partial charge in [0.05, 0.1) is 17.2 Å². The summed E-state index contributed by atoms with van der Waals surface area (Å²) in [5.41, 5.74) is 1.15. The molecule has 4 heteroatoms. The van der Waals surface area contributed by atoms with Crippen LogP contribution < -0.4 is 4.74 Å². The molecule has 0 aliphatic rings. The highest BCUT2D eigenvalue weighted by molar-refractivity contribution is 5.96. The number of carbonyl (C=O) groups is 1. The molecule has 0 unspecified atom stereocenters. The maximum Gasteiger partial charge on any atom is 0.335 e. The number of aromatic carboxylic acids is 1. The molecule has 2 rings (SSSR count). The van der Waals surface area contributed by atoms with Crippen molar-refractivity contribution in [2.75, 3.05) is 0 Å². The van der Waals surface area contributed by atoms with E-state index in [0.717, 1.165) is 17.4 Å². The van der Waals surface area contributed by atoms with Crippen LogP contribution in [0.4, 0.5) is 0 Å². The van der Waals surface area contributed by atoms with Gasteiger partial charge in [-0.2, -0.15) is 0 Å². The molecule has 0 spiro atoms. The SMILES string of the molecule is CCn1ccc2c(OC(C)C)cc(C(=O)O)cc21. The van der Waals surface area contributed by atoms with Crippen LogP contribution in [-0.2, 0) is 6.54 Å². The third kappa shape index (κ3) is 2.18. The summed E-state index contributed by atoms with van der Waals surface area (Å²) >= 11 is 0. The van der Waals surface area contributed by atoms with E-state index >= 15 is 0 Å². The molecule has 4 nitrogen and oxygen atoms in total. The van der Waals surface area contributed by atoms with Crippen molar-refractivity contribution in [2.45, 2.75) is 33.4 Å². The minimum absolute atomic E-state index is 0.0159. The Bertz CT molecular complexity index is 584. The monoisotopic (exact) mass is 247 g/mol. The normalized spacial score (nSPS) is 11.1. The predicted octanol–water partition coefficient (Wildman–Crippen LogP) is 3.15. The Morgan fingerprint density at radius 2 is 2.17 bits per heavy atom. The van der Waals surface area contributed by atoms with Crippen LogP contribution in [0, 0.1) is 0 Å². The second-order valence-electron chi connectivity index (χ2n) is 4.48. The first-order valence-electron chi connectivity index (χ1n) is 6.05. The summed E-state index contributed by atoms with van der Waals surface area (Å²) in [6, 6.07) is 5.24. The van der Waals surface area contributed by atoms with Crippen LogP contribution in [0.5, 0.6) is 5.75 Å². The number of carboxylic acid groups (broad SMARTS) is 1. The molecule has 0 aliphatic heterocycles. The van der Waals surface area contributed by atoms with Gasteiger partial charge in [0.15, 0.2) is 0 Å². The molecule has 0 amide bonds. The summed E-state index contributed by atoms with van der Waals surface area (Å²) in [5.74, 6) is -0.304. The van der Waals surface area contributed by atoms with Crippen molar-refractivity contribution in [2.24, 2.45) is 0 Å². The van der Waals surface area contributed by atoms with E-state index in [1.54, 1.807) is 12.1 Å². The standard InChI is InChI=1S/C14H17NO3/c1-4-15-6-5-11-12(15)7-10(14(16)17)8-13(11)18-9(2)3/h5-9H,4H2,1-3H3,(H,16,17). The van der Waals surface area contributed by atoms with E-state index < -0.39 is 5.97 Å². The molecule has 0 aliphatic carbocycles. The molecule has 0 bridgehead atoms. The van der Waals surface area contributed by atoms with Crippen molar-refractivity contribution < 1.29 is 14.6 Å². The third-order valence-electron chi connectivity index (χ3n) is 2.80. The molecule has 0 fully saturated rings. The Balaban J connectivity index is 2.66. The average molecular weight is 247 g/mol. The summed E-state index contributed by atoms with van der Waals surface area (Å²) in [6.07, 6.45) is 1.96. The fraction of sp³-hybridized carbons (Fsp3) is 0.357. The van der Waals surface area contributed by atoms with E-state index in [1.165, 1.54) is 0 Å². The van der Waals surface area contributed by atoms with Crippen molar-refractivity contribution >= 4 is 16.9 Å². The van der Waals surface area contributed by atoms with Gasteiger partial charge >= 0.3 is 5.97 Å². The number of hydrogen-bond acceptors (Lipinski definition) is 2. The maximum absolute atomic E-state index is 11.1. The lowest BCUT2D eigenvalue weighted by atomic mass is 10.1. The van der Waals surface area contributed by atoms with E-state index in [2.05, 4.69) is 0 Å². The minimum Gasteiger partial charge on any atom is -0.490 e. The van der Waals surface area contributed by atoms with Crippen LogP contribution in [0.25, 0.3) is 10.9 Å². The maximum atomic E-state index is 11.1. The van der Waals surface area contributed by atoms with Crippen LogP contribution in [0.2, 0.25) is 0 Å². The van der Waals surface area contributed by atoms with Crippen molar-refractivity contribution in [3.8, 4) is 5.75 Å². The molecule has 2 aromatic rings. The van der Waals surface area contributed by atoms with Crippen molar-refractivity contribution in [1.29, 1.82) is 0 Å². The van der Waals surface area contributed by atoms with Gasteiger partial charge in [-0.3, -0.25) is 0 Å². The van der Waals surface area contributed by atoms with Gasteiger partial charge in [0, 0.05) is 18.1 Å². The highest BCUT2D eigenvalue weighted by Gasteiger charge is 2.13. The Kier molecular flexibility index (Phi) is 3.28. The Hall–Kier alpha value is -1.97. The van der Waals surface area contributed by atoms with Crippen LogP contribution >= 0.6 is 0 Å². The first kappa shape index (κ1) is 12.5. The number of carboxylic acids is 1. The zero-order valence-electron chi connectivity index (χ0n) is 10.8. The summed E-state index contributed by atoms with van der Waals surface area (Å²) in [6.45, 7) is 6.68. The van der Waals surface area contributed by atoms with Gasteiger partial charge in [0.2, 0.25) is 0 Å². The van der Waals surface area contributed by atoms with Gasteiger partial charge in [-0.1, -0.05) is 0 Å². The smallest absolute Gasteiger partial charge is 0.335 e. The van der Waals surface area contributed by atoms with Gasteiger partial charge < -0.3 is 14.4 Å². The predicted molar refractivity (Wildman–Crippen MR) is 70.3 cm³/mol. The topological polar surface area (TPSA) is 51.5 Å². The summed E-state index contributed by atoms with van der Waals surface area (Å²) in [7, 11) is 0. The Morgan fingerprint density at radius 3 is 2.72 bits per heavy atom. The first-order valence-corrected chi connectivity index (χ1v) is 6.05. The molecular weight excluding hydrogens is 230 g/mol. The zero-order valence-corrected chi connectivity index (χ0v) is 10.8. The van der Waals surface area contributed by atoms with E-state index in [1.807, 2.05) is 37.6 Å². The molecule has 1 aromatic carbocycles. The molecule has 1 N–H and O–H groups in total. The van der Waals surface area contributed by atoms with Gasteiger partial charge in [-0.15, -0.1) is 0 Å². The minimum atomic E-state index is -0.936. The Labute approximate surface area is 106 Å². The van der Waals surface area contributed by atoms with Crippen LogP contribution in [0.15, 0.2) is 24.4 Å². The number of rotatable bonds is 4. The average Bonchev–Trinajstić information content (AvgIpc) is 2.71. The lowest BCUT2D eigenvalue weighted by molar-refractivity contribution is 0.0696. The Morgan fingerprint density at radius 1 is 1.44 bits per heavy atom. The summed E-state index contributed by atoms with van der Waals surface area (Å²) < 4.78 is 7.71. The molecule has 1 heterocycles. The fourth-order valence-electron chi connectivity index (χ4n) is 2.01. The van der Waals surface area contributed by atoms with Crippen LogP contribution in [-0.4, -0.2) is 21.7 Å². The number of nitrogens with zero attached hydrogens (tertiary/aromatic N) is 1. The molecule has 0 saturated heterocycles. The second-order valence-corrected chi connectivity index (χ2v) is 4.48. The van der Waals surface area contributed by atoms with Crippen LogP contribution in [0.3, 0.4) is 0 Å². The van der Waals surface area contributed by atoms with E-state index in [4.69, 9.17) is 9.84 Å². The number of fused-ring (bicyclic) bond motifs is 1. The third-order valence-corrected chi connectivity index (χ3v) is 2.80. The largest absolute Gasteiger partial charge is 0.490 e. The molecule has 96 valence electrons. The van der Waals surface area contributed by atoms with Crippen molar-refractivity contribution in [1.82, 2.24) is 4.57 Å². The molecular formula is C14H17NO3. The quantitative estimate of drug-likeness (QED) is 0.903. The van der Waals surface area contributed by atoms with E-state index in [-0.39, 0.29) is 11.7 Å². The van der Waals surface area contributed by atoms with Crippen LogP contribution in [0.1, 0.15) is 31.1 Å². The summed E-state index contributed by atoms with van der Waals surface area (Å²) in [4.78, 5) is 11.1. The number of aromatic nitrogens is 1. The number of benzene rings is 1. The number of aryl methyl sites for hydroxylation is 1. The number of ether oxygens (including phenoxy) is 1. The zero-order chi connectivity index (χ0) is 13.3. The first-order chi connectivity index (χ1) is 8.52. The molecule has 0 atom stereocenters. The van der Waals surface area contributed by atoms with Gasteiger partial charge in [-0.25, -0.2) is 4.79 Å². The van der Waals surface area contributed by atoms with E-state index in [9.17, 15) is 4.79 Å². The molecule has 0 radical (unpaired) electrons. The highest BCUT2D eigenvalue weighted by Crippen LogP contribution is 2.29. The highest BCUT2D eigenvalue weighted by atomic mass is 16.5. The van der Waals surface area contributed by atoms with Gasteiger partial charge in [0.25, 0.3) is 0 Å². The second kappa shape index (κ2) is 4.72. The van der Waals surface area contributed by atoms with Gasteiger partial charge in [0.1, 0.15) is 5.75 Å². The molecule has 0 saturated carbocycles. The van der Waals surface area contributed by atoms with E-state index in [0.29, 0.717) is 5.75 Å². The van der Waals surface area contributed by atoms with Crippen molar-refractivity contribution in [3.63, 3.8) is 0 Å². The molecule has 1 aromatic heterocycles. The lowest BCUT2D eigenvalue weighted by Gasteiger charge is -2.12. The molecule has 18 heavy (non-hydrogen) atoms. The number of hydrogen-bond donors (Lipinski definition) is 1. The fourth-order valence-corrected chi connectivity index (χ4v) is 2.01. The van der Waals surface area contributed by atoms with Gasteiger partial charge in [-0.05, 0) is 39.0 Å². The summed E-state index contributed by atoms with van der Waals surface area (Å²) in [5, 5.41) is 10.1.